The molecule has 7 heteroatoms. The van der Waals surface area contributed by atoms with E-state index < -0.39 is 21.6 Å². The van der Waals surface area contributed by atoms with Crippen molar-refractivity contribution in [3.63, 3.8) is 0 Å². The summed E-state index contributed by atoms with van der Waals surface area (Å²) < 4.78 is 31.1. The van der Waals surface area contributed by atoms with Crippen LogP contribution >= 0.6 is 0 Å². The fourth-order valence-electron chi connectivity index (χ4n) is 5.18. The van der Waals surface area contributed by atoms with Gasteiger partial charge < -0.3 is 14.4 Å². The molecule has 0 aromatic carbocycles. The lowest BCUT2D eigenvalue weighted by molar-refractivity contribution is -0.954. The van der Waals surface area contributed by atoms with E-state index in [1.807, 2.05) is 14.1 Å². The largest absolute Gasteiger partial charge is 0.544 e. The van der Waals surface area contributed by atoms with Gasteiger partial charge in [-0.05, 0) is 39.5 Å². The van der Waals surface area contributed by atoms with Crippen LogP contribution in [0.5, 0.6) is 0 Å². The number of unbranched alkanes of at least 4 members (excludes halogenated alkanes) is 16. The predicted octanol–water partition coefficient (Wildman–Crippen LogP) is 6.67. The summed E-state index contributed by atoms with van der Waals surface area (Å²) >= 11 is 0. The number of hydrogen-bond acceptors (Lipinski definition) is 4. The lowest BCUT2D eigenvalue weighted by atomic mass is 9.88. The van der Waals surface area contributed by atoms with E-state index in [0.29, 0.717) is 17.3 Å². The molecule has 6 nitrogen and oxygen atoms in total. The maximum absolute atomic E-state index is 12.1. The Morgan fingerprint density at radius 1 is 0.778 bits per heavy atom. The molecule has 0 radical (unpaired) electrons. The van der Waals surface area contributed by atoms with Crippen LogP contribution in [-0.2, 0) is 14.9 Å². The fraction of sp³-hybridized carbons (Fsp3) is 0.966. The molecule has 0 heterocycles. The van der Waals surface area contributed by atoms with Crippen LogP contribution in [0.1, 0.15) is 149 Å². The van der Waals surface area contributed by atoms with Crippen LogP contribution in [0.4, 0.5) is 0 Å². The minimum Gasteiger partial charge on any atom is -0.544 e. The molecule has 0 spiro atoms. The van der Waals surface area contributed by atoms with Gasteiger partial charge in [-0.2, -0.15) is 8.42 Å². The van der Waals surface area contributed by atoms with Crippen LogP contribution in [0.3, 0.4) is 0 Å². The van der Waals surface area contributed by atoms with Crippen molar-refractivity contribution in [3.05, 3.63) is 0 Å². The molecule has 0 rings (SSSR count). The standard InChI is InChI=1S/C29H59NO5S/c1-6-7-8-9-10-11-12-13-14-15-16-17-18-19-20-21-24-27(2)30(4,5)29(3,28(31)32)25-22-23-26-36(33,34)35/h27H,6-26H2,1-5H3,(H-,31,32,33,34,35). The van der Waals surface area contributed by atoms with Gasteiger partial charge in [0.1, 0.15) is 11.5 Å². The summed E-state index contributed by atoms with van der Waals surface area (Å²) in [7, 11) is -0.136. The van der Waals surface area contributed by atoms with Crippen molar-refractivity contribution in [1.29, 1.82) is 0 Å². The topological polar surface area (TPSA) is 94.5 Å². The van der Waals surface area contributed by atoms with Gasteiger partial charge in [-0.25, -0.2) is 0 Å². The Hall–Kier alpha value is -0.660. The molecule has 0 aliphatic carbocycles. The summed E-state index contributed by atoms with van der Waals surface area (Å²) in [4.78, 5) is 12.1. The molecule has 0 amide bonds. The minimum absolute atomic E-state index is 0.154. The maximum Gasteiger partial charge on any atom is 0.264 e. The minimum atomic E-state index is -4.02. The normalized spacial score (nSPS) is 15.1. The second-order valence-electron chi connectivity index (χ2n) is 11.8. The summed E-state index contributed by atoms with van der Waals surface area (Å²) in [5.41, 5.74) is -1.10. The van der Waals surface area contributed by atoms with Crippen LogP contribution in [-0.4, -0.2) is 54.9 Å². The van der Waals surface area contributed by atoms with Crippen LogP contribution in [0.2, 0.25) is 0 Å². The quantitative estimate of drug-likeness (QED) is 0.0803. The van der Waals surface area contributed by atoms with Gasteiger partial charge in [-0.1, -0.05) is 103 Å². The molecule has 2 unspecified atom stereocenters. The smallest absolute Gasteiger partial charge is 0.264 e. The maximum atomic E-state index is 12.1. The van der Waals surface area contributed by atoms with E-state index in [1.165, 1.54) is 96.3 Å². The average molecular weight is 534 g/mol. The number of nitrogens with zero attached hydrogens (tertiary/aromatic N) is 1. The molecule has 0 aromatic rings. The average Bonchev–Trinajstić information content (AvgIpc) is 2.80. The molecular formula is C29H59NO5S. The Balaban J connectivity index is 4.01. The molecule has 36 heavy (non-hydrogen) atoms. The highest BCUT2D eigenvalue weighted by Crippen LogP contribution is 2.31. The highest BCUT2D eigenvalue weighted by Gasteiger charge is 2.45. The van der Waals surface area contributed by atoms with E-state index in [9.17, 15) is 18.3 Å². The number of carboxylic acids is 1. The molecule has 2 atom stereocenters. The van der Waals surface area contributed by atoms with Crippen molar-refractivity contribution < 1.29 is 27.4 Å². The van der Waals surface area contributed by atoms with Crippen molar-refractivity contribution >= 4 is 16.1 Å². The first-order valence-corrected chi connectivity index (χ1v) is 16.5. The number of carbonyl (C=O) groups is 1. The van der Waals surface area contributed by atoms with Gasteiger partial charge in [0, 0.05) is 6.42 Å². The zero-order valence-electron chi connectivity index (χ0n) is 24.4. The predicted molar refractivity (Wildman–Crippen MR) is 149 cm³/mol. The van der Waals surface area contributed by atoms with Crippen molar-refractivity contribution in [1.82, 2.24) is 0 Å². The molecule has 0 aliphatic rings. The Labute approximate surface area is 224 Å². The second-order valence-corrected chi connectivity index (χ2v) is 13.4. The molecule has 0 saturated heterocycles. The van der Waals surface area contributed by atoms with Gasteiger partial charge in [0.25, 0.3) is 10.1 Å². The molecule has 0 saturated carbocycles. The molecule has 1 N–H and O–H groups in total. The molecule has 0 aliphatic heterocycles. The SMILES string of the molecule is CCCCCCCCCCCCCCCCCCC(C)[N+](C)(C)C(C)(CCCCS(=O)(=O)O)C(=O)[O-]. The van der Waals surface area contributed by atoms with Crippen LogP contribution in [0.15, 0.2) is 0 Å². The van der Waals surface area contributed by atoms with E-state index >= 15 is 0 Å². The Kier molecular flexibility index (Phi) is 19.1. The number of hydrogen-bond donors (Lipinski definition) is 1. The monoisotopic (exact) mass is 533 g/mol. The van der Waals surface area contributed by atoms with Gasteiger partial charge in [-0.15, -0.1) is 0 Å². The van der Waals surface area contributed by atoms with Crippen molar-refractivity contribution in [2.45, 2.75) is 161 Å². The number of carbonyl (C=O) groups excluding carboxylic acids is 1. The first-order valence-electron chi connectivity index (χ1n) is 14.9. The van der Waals surface area contributed by atoms with Gasteiger partial charge in [0.05, 0.1) is 25.9 Å². The van der Waals surface area contributed by atoms with Gasteiger partial charge in [-0.3, -0.25) is 4.55 Å². The second kappa shape index (κ2) is 19.4. The first-order chi connectivity index (χ1) is 16.9. The lowest BCUT2D eigenvalue weighted by Crippen LogP contribution is -2.69. The van der Waals surface area contributed by atoms with E-state index in [-0.39, 0.29) is 18.2 Å². The zero-order chi connectivity index (χ0) is 27.5. The van der Waals surface area contributed by atoms with E-state index in [1.54, 1.807) is 6.92 Å². The summed E-state index contributed by atoms with van der Waals surface area (Å²) in [6.07, 6.45) is 23.3. The third kappa shape index (κ3) is 15.6. The number of quaternary nitrogens is 1. The Morgan fingerprint density at radius 3 is 1.53 bits per heavy atom. The third-order valence-electron chi connectivity index (χ3n) is 8.60. The molecule has 216 valence electrons. The number of rotatable bonds is 25. The van der Waals surface area contributed by atoms with Gasteiger partial charge in [0.15, 0.2) is 0 Å². The van der Waals surface area contributed by atoms with E-state index in [4.69, 9.17) is 4.55 Å². The highest BCUT2D eigenvalue weighted by atomic mass is 32.2. The van der Waals surface area contributed by atoms with Crippen LogP contribution < -0.4 is 5.11 Å². The number of aliphatic carboxylic acids is 1. The summed E-state index contributed by atoms with van der Waals surface area (Å²) in [5.74, 6) is -1.43. The molecule has 0 bridgehead atoms. The Bertz CT molecular complexity index is 665. The Morgan fingerprint density at radius 2 is 1.17 bits per heavy atom. The molecular weight excluding hydrogens is 474 g/mol. The van der Waals surface area contributed by atoms with Crippen molar-refractivity contribution in [2.24, 2.45) is 0 Å². The summed E-state index contributed by atoms with van der Waals surface area (Å²) in [6.45, 7) is 6.08. The molecule has 0 aromatic heterocycles. The van der Waals surface area contributed by atoms with Crippen LogP contribution in [0, 0.1) is 0 Å². The molecule has 0 fully saturated rings. The third-order valence-corrected chi connectivity index (χ3v) is 9.41. The first kappa shape index (κ1) is 35.3. The number of likely N-dealkylation sites (N-methyl/N-ethyl adjacent to an activating group) is 1. The number of carboxylic acid groups (broad SMARTS) is 1. The van der Waals surface area contributed by atoms with E-state index in [2.05, 4.69) is 13.8 Å². The van der Waals surface area contributed by atoms with Crippen LogP contribution in [0.25, 0.3) is 0 Å². The highest BCUT2D eigenvalue weighted by molar-refractivity contribution is 7.85. The van der Waals surface area contributed by atoms with Gasteiger partial charge in [0.2, 0.25) is 0 Å². The zero-order valence-corrected chi connectivity index (χ0v) is 25.2. The summed E-state index contributed by atoms with van der Waals surface area (Å²) in [5, 5.41) is 12.1. The van der Waals surface area contributed by atoms with Crippen molar-refractivity contribution in [2.75, 3.05) is 19.8 Å². The fourth-order valence-corrected chi connectivity index (χ4v) is 5.75. The van der Waals surface area contributed by atoms with Crippen molar-refractivity contribution in [3.8, 4) is 0 Å². The lowest BCUT2D eigenvalue weighted by Gasteiger charge is -2.51. The summed E-state index contributed by atoms with van der Waals surface area (Å²) in [6, 6.07) is 0.154. The van der Waals surface area contributed by atoms with E-state index in [0.717, 1.165) is 12.8 Å². The van der Waals surface area contributed by atoms with Gasteiger partial charge >= 0.3 is 0 Å².